The van der Waals surface area contributed by atoms with E-state index in [2.05, 4.69) is 0 Å². The van der Waals surface area contributed by atoms with Gasteiger partial charge in [-0.15, -0.1) is 0 Å². The Labute approximate surface area is 160 Å². The first-order valence-corrected chi connectivity index (χ1v) is 9.84. The van der Waals surface area contributed by atoms with Crippen LogP contribution in [0, 0.1) is 0 Å². The minimum absolute atomic E-state index is 0.0718. The first kappa shape index (κ1) is 18.1. The number of carbonyl (C=O) groups is 1. The van der Waals surface area contributed by atoms with Crippen LogP contribution in [0.4, 0.5) is 0 Å². The molecule has 1 N–H and O–H groups in total. The van der Waals surface area contributed by atoms with E-state index in [1.54, 1.807) is 13.2 Å². The number of hydrogen-bond acceptors (Lipinski definition) is 4. The Morgan fingerprint density at radius 2 is 1.63 bits per heavy atom. The van der Waals surface area contributed by atoms with Gasteiger partial charge in [0.15, 0.2) is 13.1 Å². The molecule has 0 amide bonds. The van der Waals surface area contributed by atoms with Gasteiger partial charge in [-0.25, -0.2) is 0 Å². The quantitative estimate of drug-likeness (QED) is 0.620. The molecule has 0 heterocycles. The number of aryl methyl sites for hydroxylation is 2. The van der Waals surface area contributed by atoms with Crippen LogP contribution in [-0.2, 0) is 30.4 Å². The van der Waals surface area contributed by atoms with Crippen molar-refractivity contribution >= 4 is 6.29 Å². The standard InChI is InChI=1S/C23H26O4/c1-26-14-27-23-17(13-24)12-16-7-3-5-9-19(16)22(23)21-18-8-4-2-6-15(18)10-11-20(21)25/h10-13,25H,2-9,14H2,1H3. The normalized spacial score (nSPS) is 15.7. The fraction of sp³-hybridized carbons (Fsp3) is 0.435. The summed E-state index contributed by atoms with van der Waals surface area (Å²) in [5.74, 6) is 0.815. The lowest BCUT2D eigenvalue weighted by Crippen LogP contribution is -2.12. The van der Waals surface area contributed by atoms with Crippen molar-refractivity contribution in [3.8, 4) is 22.6 Å². The molecule has 0 atom stereocenters. The molecular weight excluding hydrogens is 340 g/mol. The van der Waals surface area contributed by atoms with Gasteiger partial charge in [0, 0.05) is 18.2 Å². The third-order valence-corrected chi connectivity index (χ3v) is 5.84. The van der Waals surface area contributed by atoms with Gasteiger partial charge in [-0.05, 0) is 85.8 Å². The van der Waals surface area contributed by atoms with Gasteiger partial charge in [-0.2, -0.15) is 0 Å². The van der Waals surface area contributed by atoms with Crippen molar-refractivity contribution < 1.29 is 19.4 Å². The van der Waals surface area contributed by atoms with Crippen LogP contribution >= 0.6 is 0 Å². The number of rotatable bonds is 5. The van der Waals surface area contributed by atoms with E-state index < -0.39 is 0 Å². The number of benzene rings is 2. The second-order valence-electron chi connectivity index (χ2n) is 7.49. The van der Waals surface area contributed by atoms with E-state index in [9.17, 15) is 9.90 Å². The Bertz CT molecular complexity index is 869. The summed E-state index contributed by atoms with van der Waals surface area (Å²) in [5, 5.41) is 10.9. The number of aldehydes is 1. The molecule has 2 aromatic rings. The summed E-state index contributed by atoms with van der Waals surface area (Å²) in [4.78, 5) is 11.9. The van der Waals surface area contributed by atoms with Crippen molar-refractivity contribution in [2.75, 3.05) is 13.9 Å². The molecular formula is C23H26O4. The molecule has 0 bridgehead atoms. The lowest BCUT2D eigenvalue weighted by molar-refractivity contribution is 0.0508. The molecule has 0 fully saturated rings. The van der Waals surface area contributed by atoms with Gasteiger partial charge in [-0.1, -0.05) is 6.07 Å². The highest BCUT2D eigenvalue weighted by Gasteiger charge is 2.27. The number of hydrogen-bond donors (Lipinski definition) is 1. The summed E-state index contributed by atoms with van der Waals surface area (Å²) in [7, 11) is 1.57. The highest BCUT2D eigenvalue weighted by atomic mass is 16.7. The fourth-order valence-corrected chi connectivity index (χ4v) is 4.63. The second kappa shape index (κ2) is 7.73. The summed E-state index contributed by atoms with van der Waals surface area (Å²) in [6.07, 6.45) is 9.27. The summed E-state index contributed by atoms with van der Waals surface area (Å²) in [6.45, 7) is 0.0718. The minimum Gasteiger partial charge on any atom is -0.507 e. The molecule has 4 rings (SSSR count). The predicted molar refractivity (Wildman–Crippen MR) is 105 cm³/mol. The number of aromatic hydroxyl groups is 1. The van der Waals surface area contributed by atoms with Crippen molar-refractivity contribution in [1.82, 2.24) is 0 Å². The Morgan fingerprint density at radius 3 is 2.33 bits per heavy atom. The van der Waals surface area contributed by atoms with Crippen LogP contribution in [0.2, 0.25) is 0 Å². The average Bonchev–Trinajstić information content (AvgIpc) is 2.71. The number of ether oxygens (including phenoxy) is 2. The van der Waals surface area contributed by atoms with Crippen molar-refractivity contribution in [3.05, 3.63) is 46.0 Å². The van der Waals surface area contributed by atoms with Crippen molar-refractivity contribution in [2.45, 2.75) is 51.4 Å². The number of phenolic OH excluding ortho intramolecular Hbond substituents is 1. The molecule has 4 heteroatoms. The zero-order chi connectivity index (χ0) is 18.8. The second-order valence-corrected chi connectivity index (χ2v) is 7.49. The van der Waals surface area contributed by atoms with Crippen LogP contribution in [0.25, 0.3) is 11.1 Å². The Kier molecular flexibility index (Phi) is 5.17. The van der Waals surface area contributed by atoms with E-state index in [4.69, 9.17) is 9.47 Å². The molecule has 0 unspecified atom stereocenters. The van der Waals surface area contributed by atoms with E-state index in [1.165, 1.54) is 28.7 Å². The first-order valence-electron chi connectivity index (χ1n) is 9.84. The molecule has 0 saturated carbocycles. The molecule has 0 saturated heterocycles. The number of carbonyl (C=O) groups excluding carboxylic acids is 1. The Balaban J connectivity index is 2.03. The monoisotopic (exact) mass is 366 g/mol. The minimum atomic E-state index is 0.0718. The largest absolute Gasteiger partial charge is 0.507 e. The lowest BCUT2D eigenvalue weighted by atomic mass is 9.79. The third kappa shape index (κ3) is 3.23. The maximum Gasteiger partial charge on any atom is 0.188 e. The van der Waals surface area contributed by atoms with E-state index >= 15 is 0 Å². The number of methoxy groups -OCH3 is 1. The van der Waals surface area contributed by atoms with E-state index in [0.717, 1.165) is 62.4 Å². The molecule has 4 nitrogen and oxygen atoms in total. The highest BCUT2D eigenvalue weighted by molar-refractivity contribution is 5.91. The van der Waals surface area contributed by atoms with Crippen molar-refractivity contribution in [2.24, 2.45) is 0 Å². The summed E-state index contributed by atoms with van der Waals surface area (Å²) in [5.41, 5.74) is 7.23. The average molecular weight is 366 g/mol. The third-order valence-electron chi connectivity index (χ3n) is 5.84. The fourth-order valence-electron chi connectivity index (χ4n) is 4.63. The summed E-state index contributed by atoms with van der Waals surface area (Å²) >= 11 is 0. The van der Waals surface area contributed by atoms with Crippen LogP contribution in [0.15, 0.2) is 18.2 Å². The molecule has 2 aliphatic carbocycles. The zero-order valence-electron chi connectivity index (χ0n) is 15.8. The van der Waals surface area contributed by atoms with Gasteiger partial charge in [-0.3, -0.25) is 4.79 Å². The molecule has 2 aliphatic rings. The SMILES string of the molecule is COCOc1c(C=O)cc2c(c1-c1c(O)ccc3c1CCCC3)CCCC2. The van der Waals surface area contributed by atoms with Crippen LogP contribution in [-0.4, -0.2) is 25.3 Å². The van der Waals surface area contributed by atoms with Gasteiger partial charge in [0.05, 0.1) is 5.56 Å². The van der Waals surface area contributed by atoms with E-state index in [1.807, 2.05) is 12.1 Å². The van der Waals surface area contributed by atoms with Crippen molar-refractivity contribution in [3.63, 3.8) is 0 Å². The smallest absolute Gasteiger partial charge is 0.188 e. The van der Waals surface area contributed by atoms with Crippen molar-refractivity contribution in [1.29, 1.82) is 0 Å². The summed E-state index contributed by atoms with van der Waals surface area (Å²) < 4.78 is 11.0. The van der Waals surface area contributed by atoms with Gasteiger partial charge < -0.3 is 14.6 Å². The topological polar surface area (TPSA) is 55.8 Å². The summed E-state index contributed by atoms with van der Waals surface area (Å²) in [6, 6.07) is 5.80. The van der Waals surface area contributed by atoms with Crippen LogP contribution < -0.4 is 4.74 Å². The molecule has 0 aliphatic heterocycles. The predicted octanol–water partition coefficient (Wildman–Crippen LogP) is 4.61. The van der Waals surface area contributed by atoms with Crippen LogP contribution in [0.5, 0.6) is 11.5 Å². The van der Waals surface area contributed by atoms with E-state index in [0.29, 0.717) is 11.3 Å². The molecule has 27 heavy (non-hydrogen) atoms. The van der Waals surface area contributed by atoms with Crippen LogP contribution in [0.3, 0.4) is 0 Å². The maximum absolute atomic E-state index is 11.9. The molecule has 2 aromatic carbocycles. The van der Waals surface area contributed by atoms with Gasteiger partial charge in [0.25, 0.3) is 0 Å². The van der Waals surface area contributed by atoms with Gasteiger partial charge in [0.2, 0.25) is 0 Å². The van der Waals surface area contributed by atoms with Gasteiger partial charge in [0.1, 0.15) is 11.5 Å². The molecule has 0 aromatic heterocycles. The Hall–Kier alpha value is -2.33. The Morgan fingerprint density at radius 1 is 0.963 bits per heavy atom. The molecule has 142 valence electrons. The van der Waals surface area contributed by atoms with E-state index in [-0.39, 0.29) is 12.5 Å². The first-order chi connectivity index (χ1) is 13.2. The number of phenols is 1. The number of fused-ring (bicyclic) bond motifs is 2. The zero-order valence-corrected chi connectivity index (χ0v) is 15.8. The highest BCUT2D eigenvalue weighted by Crippen LogP contribution is 2.47. The van der Waals surface area contributed by atoms with Gasteiger partial charge >= 0.3 is 0 Å². The lowest BCUT2D eigenvalue weighted by Gasteiger charge is -2.27. The maximum atomic E-state index is 11.9. The molecule has 0 radical (unpaired) electrons. The van der Waals surface area contributed by atoms with Crippen LogP contribution in [0.1, 0.15) is 58.3 Å². The molecule has 0 spiro atoms.